The molecule has 0 N–H and O–H groups in total. The van der Waals surface area contributed by atoms with Crippen molar-refractivity contribution in [2.24, 2.45) is 18.9 Å². The van der Waals surface area contributed by atoms with E-state index in [0.29, 0.717) is 5.69 Å². The maximum atomic E-state index is 13.1. The third-order valence-electron chi connectivity index (χ3n) is 6.24. The van der Waals surface area contributed by atoms with Crippen LogP contribution in [0, 0.1) is 11.8 Å². The Morgan fingerprint density at radius 2 is 1.68 bits per heavy atom. The number of fused-ring (bicyclic) bond motifs is 6. The number of rotatable bonds is 1. The largest absolute Gasteiger partial charge is 0.367 e. The molecule has 4 heterocycles. The minimum atomic E-state index is -0.553. The summed E-state index contributed by atoms with van der Waals surface area (Å²) in [6.07, 6.45) is 1.60. The highest BCUT2D eigenvalue weighted by Gasteiger charge is 2.72. The summed E-state index contributed by atoms with van der Waals surface area (Å²) in [5.41, 5.74) is 0.247. The summed E-state index contributed by atoms with van der Waals surface area (Å²) >= 11 is 1.12. The highest BCUT2D eigenvalue weighted by Crippen LogP contribution is 2.60. The molecule has 25 heavy (non-hydrogen) atoms. The molecule has 130 valence electrons. The Balaban J connectivity index is 1.63. The molecule has 3 saturated heterocycles. The van der Waals surface area contributed by atoms with Crippen molar-refractivity contribution in [3.63, 3.8) is 0 Å². The molecule has 6 nitrogen and oxygen atoms in total. The second-order valence-corrected chi connectivity index (χ2v) is 8.77. The van der Waals surface area contributed by atoms with E-state index in [4.69, 9.17) is 4.74 Å². The molecule has 0 saturated carbocycles. The number of benzene rings is 1. The van der Waals surface area contributed by atoms with Crippen LogP contribution in [0.2, 0.25) is 0 Å². The summed E-state index contributed by atoms with van der Waals surface area (Å²) in [6.45, 7) is 3.90. The normalized spacial score (nSPS) is 36.7. The molecular weight excluding hydrogens is 340 g/mol. The molecule has 2 amide bonds. The summed E-state index contributed by atoms with van der Waals surface area (Å²) in [6, 6.07) is 5.32. The molecular formula is C18H18N2O4S. The number of thiazole rings is 1. The highest BCUT2D eigenvalue weighted by molar-refractivity contribution is 7.16. The van der Waals surface area contributed by atoms with Gasteiger partial charge in [0.2, 0.25) is 11.8 Å². The molecule has 7 heteroatoms. The number of carbonyl (C=O) groups is 2. The number of amides is 2. The van der Waals surface area contributed by atoms with E-state index in [-0.39, 0.29) is 16.7 Å². The maximum absolute atomic E-state index is 13.1. The van der Waals surface area contributed by atoms with Gasteiger partial charge in [0.1, 0.15) is 0 Å². The van der Waals surface area contributed by atoms with Crippen LogP contribution >= 0.6 is 11.3 Å². The number of carbonyl (C=O) groups excluding carboxylic acids is 2. The first-order valence-corrected chi connectivity index (χ1v) is 9.24. The molecule has 1 aromatic heterocycles. The summed E-state index contributed by atoms with van der Waals surface area (Å²) in [4.78, 5) is 39.3. The molecule has 5 rings (SSSR count). The van der Waals surface area contributed by atoms with Crippen LogP contribution in [0.25, 0.3) is 10.2 Å². The second kappa shape index (κ2) is 4.40. The summed E-state index contributed by atoms with van der Waals surface area (Å²) in [7, 11) is 1.72. The van der Waals surface area contributed by atoms with Gasteiger partial charge in [-0.1, -0.05) is 11.3 Å². The molecule has 0 unspecified atom stereocenters. The minimum absolute atomic E-state index is 0.0606. The van der Waals surface area contributed by atoms with Crippen LogP contribution < -0.4 is 9.77 Å². The first-order chi connectivity index (χ1) is 11.8. The maximum Gasteiger partial charge on any atom is 0.307 e. The summed E-state index contributed by atoms with van der Waals surface area (Å²) in [5.74, 6) is -1.18. The van der Waals surface area contributed by atoms with Gasteiger partial charge in [-0.3, -0.25) is 14.4 Å². The number of hydrogen-bond donors (Lipinski definition) is 0. The van der Waals surface area contributed by atoms with Crippen molar-refractivity contribution < 1.29 is 14.3 Å². The molecule has 3 fully saturated rings. The Morgan fingerprint density at radius 1 is 1.08 bits per heavy atom. The molecule has 0 aliphatic carbocycles. The molecule has 2 aromatic rings. The molecule has 3 aliphatic rings. The Hall–Kier alpha value is -1.99. The third kappa shape index (κ3) is 1.70. The zero-order valence-electron chi connectivity index (χ0n) is 14.2. The quantitative estimate of drug-likeness (QED) is 0.732. The van der Waals surface area contributed by atoms with Crippen LogP contribution in [0.15, 0.2) is 23.0 Å². The molecule has 2 bridgehead atoms. The minimum Gasteiger partial charge on any atom is -0.367 e. The standard InChI is InChI=1S/C18H18N2O4S/c1-17-6-7-18(2,24-17)13-12(17)14(21)20(15(13)22)9-4-5-10-11(8-9)25-16(23)19(10)3/h4-5,8,12-13H,6-7H2,1-3H3/t12-,13+,17-,18+. The lowest BCUT2D eigenvalue weighted by Gasteiger charge is -2.27. The average molecular weight is 358 g/mol. The van der Waals surface area contributed by atoms with Crippen LogP contribution in [-0.2, 0) is 21.4 Å². The highest BCUT2D eigenvalue weighted by atomic mass is 32.1. The van der Waals surface area contributed by atoms with E-state index in [1.165, 1.54) is 4.90 Å². The van der Waals surface area contributed by atoms with Crippen molar-refractivity contribution in [2.75, 3.05) is 4.90 Å². The van der Waals surface area contributed by atoms with Crippen molar-refractivity contribution in [1.29, 1.82) is 0 Å². The van der Waals surface area contributed by atoms with E-state index >= 15 is 0 Å². The molecule has 4 atom stereocenters. The van der Waals surface area contributed by atoms with E-state index in [1.54, 1.807) is 29.8 Å². The topological polar surface area (TPSA) is 68.6 Å². The number of nitrogens with zero attached hydrogens (tertiary/aromatic N) is 2. The number of imide groups is 1. The van der Waals surface area contributed by atoms with Gasteiger partial charge < -0.3 is 9.30 Å². The van der Waals surface area contributed by atoms with Crippen LogP contribution in [0.1, 0.15) is 26.7 Å². The molecule has 3 aliphatic heterocycles. The van der Waals surface area contributed by atoms with Crippen molar-refractivity contribution >= 4 is 39.1 Å². The predicted molar refractivity (Wildman–Crippen MR) is 93.7 cm³/mol. The number of anilines is 1. The summed E-state index contributed by atoms with van der Waals surface area (Å²) < 4.78 is 8.47. The van der Waals surface area contributed by atoms with E-state index in [0.717, 1.165) is 34.4 Å². The number of aromatic nitrogens is 1. The van der Waals surface area contributed by atoms with Crippen molar-refractivity contribution in [3.05, 3.63) is 27.9 Å². The van der Waals surface area contributed by atoms with E-state index in [1.807, 2.05) is 13.8 Å². The molecule has 1 aromatic carbocycles. The van der Waals surface area contributed by atoms with Gasteiger partial charge in [0.05, 0.1) is 38.9 Å². The Labute approximate surface area is 148 Å². The lowest BCUT2D eigenvalue weighted by atomic mass is 9.69. The van der Waals surface area contributed by atoms with Gasteiger partial charge in [-0.25, -0.2) is 4.90 Å². The first kappa shape index (κ1) is 15.3. The zero-order valence-corrected chi connectivity index (χ0v) is 15.1. The van der Waals surface area contributed by atoms with Crippen molar-refractivity contribution in [2.45, 2.75) is 37.9 Å². The van der Waals surface area contributed by atoms with Crippen LogP contribution in [-0.4, -0.2) is 27.6 Å². The van der Waals surface area contributed by atoms with Gasteiger partial charge in [0.25, 0.3) is 0 Å². The third-order valence-corrected chi connectivity index (χ3v) is 7.24. The molecule has 0 spiro atoms. The van der Waals surface area contributed by atoms with E-state index < -0.39 is 23.0 Å². The van der Waals surface area contributed by atoms with Gasteiger partial charge in [-0.05, 0) is 44.9 Å². The SMILES string of the molecule is Cn1c(=O)sc2cc(N3C(=O)[C@@H]4[C@H](C3=O)[C@@]3(C)CC[C@]4(C)O3)ccc21. The Morgan fingerprint density at radius 3 is 2.28 bits per heavy atom. The lowest BCUT2D eigenvalue weighted by Crippen LogP contribution is -2.40. The van der Waals surface area contributed by atoms with Gasteiger partial charge >= 0.3 is 4.87 Å². The fourth-order valence-corrected chi connectivity index (χ4v) is 5.90. The number of aryl methyl sites for hydroxylation is 1. The van der Waals surface area contributed by atoms with Crippen molar-refractivity contribution in [1.82, 2.24) is 4.57 Å². The molecule has 0 radical (unpaired) electrons. The van der Waals surface area contributed by atoms with Crippen LogP contribution in [0.3, 0.4) is 0 Å². The second-order valence-electron chi connectivity index (χ2n) is 7.77. The van der Waals surface area contributed by atoms with Gasteiger partial charge in [-0.2, -0.15) is 0 Å². The van der Waals surface area contributed by atoms with E-state index in [9.17, 15) is 14.4 Å². The van der Waals surface area contributed by atoms with Crippen LogP contribution in [0.5, 0.6) is 0 Å². The number of ether oxygens (including phenoxy) is 1. The fourth-order valence-electron chi connectivity index (χ4n) is 4.98. The smallest absolute Gasteiger partial charge is 0.307 e. The van der Waals surface area contributed by atoms with Crippen molar-refractivity contribution in [3.8, 4) is 0 Å². The monoisotopic (exact) mass is 358 g/mol. The first-order valence-electron chi connectivity index (χ1n) is 8.43. The van der Waals surface area contributed by atoms with Gasteiger partial charge in [0, 0.05) is 7.05 Å². The Bertz CT molecular complexity index is 990. The van der Waals surface area contributed by atoms with Crippen LogP contribution in [0.4, 0.5) is 5.69 Å². The fraction of sp³-hybridized carbons (Fsp3) is 0.500. The van der Waals surface area contributed by atoms with Gasteiger partial charge in [-0.15, -0.1) is 0 Å². The Kier molecular flexibility index (Phi) is 2.69. The van der Waals surface area contributed by atoms with E-state index in [2.05, 4.69) is 0 Å². The van der Waals surface area contributed by atoms with Gasteiger partial charge in [0.15, 0.2) is 0 Å². The lowest BCUT2D eigenvalue weighted by molar-refractivity contribution is -0.129. The average Bonchev–Trinajstić information content (AvgIpc) is 3.18. The zero-order chi connectivity index (χ0) is 17.7. The summed E-state index contributed by atoms with van der Waals surface area (Å²) in [5, 5.41) is 0. The predicted octanol–water partition coefficient (Wildman–Crippen LogP) is 2.05. The number of hydrogen-bond acceptors (Lipinski definition) is 5.